The summed E-state index contributed by atoms with van der Waals surface area (Å²) in [6.45, 7) is 0.437. The van der Waals surface area contributed by atoms with Gasteiger partial charge in [0.15, 0.2) is 0 Å². The molecule has 0 atom stereocenters. The van der Waals surface area contributed by atoms with Crippen LogP contribution in [0.4, 0.5) is 4.39 Å². The molecule has 0 fully saturated rings. The first kappa shape index (κ1) is 17.3. The van der Waals surface area contributed by atoms with Gasteiger partial charge in [0.2, 0.25) is 5.56 Å². The zero-order valence-electron chi connectivity index (χ0n) is 15.2. The van der Waals surface area contributed by atoms with E-state index in [-0.39, 0.29) is 17.7 Å². The van der Waals surface area contributed by atoms with Crippen molar-refractivity contribution in [1.82, 2.24) is 19.3 Å². The number of amides is 1. The van der Waals surface area contributed by atoms with Gasteiger partial charge in [0.05, 0.1) is 23.4 Å². The quantitative estimate of drug-likeness (QED) is 0.538. The summed E-state index contributed by atoms with van der Waals surface area (Å²) in [6.07, 6.45) is 2.07. The molecule has 0 saturated heterocycles. The molecule has 8 heteroatoms. The fourth-order valence-corrected chi connectivity index (χ4v) is 3.79. The number of halogens is 1. The molecule has 29 heavy (non-hydrogen) atoms. The smallest absolute Gasteiger partial charge is 0.263 e. The third kappa shape index (κ3) is 2.80. The van der Waals surface area contributed by atoms with E-state index in [1.54, 1.807) is 18.3 Å². The van der Waals surface area contributed by atoms with Crippen molar-refractivity contribution in [1.29, 1.82) is 0 Å². The number of nitrogens with one attached hydrogen (secondary N) is 1. The van der Waals surface area contributed by atoms with Gasteiger partial charge >= 0.3 is 0 Å². The molecule has 144 valence electrons. The monoisotopic (exact) mass is 390 g/mol. The number of rotatable bonds is 1. The molecule has 1 amide bonds. The van der Waals surface area contributed by atoms with E-state index in [4.69, 9.17) is 0 Å². The molecule has 7 nitrogen and oxygen atoms in total. The van der Waals surface area contributed by atoms with E-state index in [1.807, 2.05) is 6.07 Å². The van der Waals surface area contributed by atoms with Gasteiger partial charge in [-0.1, -0.05) is 6.07 Å². The van der Waals surface area contributed by atoms with Gasteiger partial charge in [-0.3, -0.25) is 18.8 Å². The van der Waals surface area contributed by atoms with Crippen LogP contribution in [-0.2, 0) is 13.0 Å². The highest BCUT2D eigenvalue weighted by Crippen LogP contribution is 2.22. The Kier molecular flexibility index (Phi) is 3.80. The molecule has 1 aromatic carbocycles. The molecule has 4 heterocycles. The van der Waals surface area contributed by atoms with E-state index in [0.717, 1.165) is 0 Å². The molecular weight excluding hydrogens is 375 g/mol. The van der Waals surface area contributed by atoms with Gasteiger partial charge in [-0.15, -0.1) is 0 Å². The van der Waals surface area contributed by atoms with Gasteiger partial charge in [0.25, 0.3) is 11.5 Å². The fourth-order valence-electron chi connectivity index (χ4n) is 3.79. The average Bonchev–Trinajstić information content (AvgIpc) is 2.73. The Bertz CT molecular complexity index is 1420. The second kappa shape index (κ2) is 6.37. The zero-order valence-corrected chi connectivity index (χ0v) is 15.2. The Hall–Kier alpha value is -3.81. The van der Waals surface area contributed by atoms with Gasteiger partial charge in [-0.25, -0.2) is 9.37 Å². The van der Waals surface area contributed by atoms with E-state index in [2.05, 4.69) is 9.97 Å². The first-order valence-corrected chi connectivity index (χ1v) is 9.12. The molecule has 0 radical (unpaired) electrons. The first-order valence-electron chi connectivity index (χ1n) is 9.12. The molecule has 1 aliphatic rings. The fraction of sp³-hybridized carbons (Fsp3) is 0.143. The van der Waals surface area contributed by atoms with E-state index in [0.29, 0.717) is 40.8 Å². The Morgan fingerprint density at radius 1 is 1.14 bits per heavy atom. The summed E-state index contributed by atoms with van der Waals surface area (Å²) in [5.74, 6) is -0.925. The number of hydrogen-bond acceptors (Lipinski definition) is 4. The summed E-state index contributed by atoms with van der Waals surface area (Å²) in [7, 11) is 0. The molecule has 1 aliphatic heterocycles. The van der Waals surface area contributed by atoms with Crippen LogP contribution in [0.3, 0.4) is 0 Å². The van der Waals surface area contributed by atoms with Crippen molar-refractivity contribution in [2.75, 3.05) is 6.54 Å². The van der Waals surface area contributed by atoms with Gasteiger partial charge in [0, 0.05) is 36.1 Å². The van der Waals surface area contributed by atoms with Crippen LogP contribution in [-0.4, -0.2) is 31.7 Å². The minimum Gasteiger partial charge on any atom is -0.334 e. The first-order chi connectivity index (χ1) is 14.0. The topological polar surface area (TPSA) is 87.5 Å². The number of aromatic nitrogens is 3. The SMILES string of the molecule is O=C(c1cc(=O)[nH]c2ccc(F)cc12)N1CCc2nc3ccccn3c(=O)c2C1. The van der Waals surface area contributed by atoms with Crippen molar-refractivity contribution in [3.63, 3.8) is 0 Å². The molecule has 3 aromatic heterocycles. The number of fused-ring (bicyclic) bond motifs is 3. The second-order valence-electron chi connectivity index (χ2n) is 6.98. The van der Waals surface area contributed by atoms with E-state index < -0.39 is 17.3 Å². The number of H-pyrrole nitrogens is 1. The van der Waals surface area contributed by atoms with Crippen LogP contribution in [0.1, 0.15) is 21.6 Å². The van der Waals surface area contributed by atoms with Crippen LogP contribution >= 0.6 is 0 Å². The van der Waals surface area contributed by atoms with Crippen molar-refractivity contribution >= 4 is 22.5 Å². The second-order valence-corrected chi connectivity index (χ2v) is 6.98. The van der Waals surface area contributed by atoms with Gasteiger partial charge in [-0.2, -0.15) is 0 Å². The standard InChI is InChI=1S/C21H15FN4O3/c22-12-4-5-16-13(9-12)14(10-19(27)24-16)20(28)25-8-6-17-15(11-25)21(29)26-7-2-1-3-18(26)23-17/h1-5,7,9-10H,6,8,11H2,(H,24,27). The number of nitrogens with zero attached hydrogens (tertiary/aromatic N) is 3. The Balaban J connectivity index is 1.59. The number of aromatic amines is 1. The van der Waals surface area contributed by atoms with Crippen molar-refractivity contribution in [2.24, 2.45) is 0 Å². The van der Waals surface area contributed by atoms with Crippen molar-refractivity contribution in [3.05, 3.63) is 92.0 Å². The summed E-state index contributed by atoms with van der Waals surface area (Å²) in [4.78, 5) is 46.7. The molecular formula is C21H15FN4O3. The number of benzene rings is 1. The highest BCUT2D eigenvalue weighted by molar-refractivity contribution is 6.06. The van der Waals surface area contributed by atoms with Gasteiger partial charge in [-0.05, 0) is 30.3 Å². The summed E-state index contributed by atoms with van der Waals surface area (Å²) in [5.41, 5.74) is 1.52. The van der Waals surface area contributed by atoms with E-state index >= 15 is 0 Å². The Morgan fingerprint density at radius 3 is 2.86 bits per heavy atom. The maximum Gasteiger partial charge on any atom is 0.263 e. The number of hydrogen-bond donors (Lipinski definition) is 1. The molecule has 4 aromatic rings. The molecule has 0 bridgehead atoms. The van der Waals surface area contributed by atoms with E-state index in [1.165, 1.54) is 33.6 Å². The van der Waals surface area contributed by atoms with Crippen molar-refractivity contribution in [2.45, 2.75) is 13.0 Å². The summed E-state index contributed by atoms with van der Waals surface area (Å²) >= 11 is 0. The number of carbonyl (C=O) groups excluding carboxylic acids is 1. The molecule has 0 saturated carbocycles. The van der Waals surface area contributed by atoms with Gasteiger partial charge in [0.1, 0.15) is 11.5 Å². The molecule has 0 unspecified atom stereocenters. The number of pyridine rings is 2. The minimum atomic E-state index is -0.503. The zero-order chi connectivity index (χ0) is 20.1. The molecule has 0 aliphatic carbocycles. The van der Waals surface area contributed by atoms with Crippen LogP contribution in [0, 0.1) is 5.82 Å². The largest absolute Gasteiger partial charge is 0.334 e. The molecule has 1 N–H and O–H groups in total. The highest BCUT2D eigenvalue weighted by Gasteiger charge is 2.27. The lowest BCUT2D eigenvalue weighted by atomic mass is 10.0. The van der Waals surface area contributed by atoms with Crippen LogP contribution in [0.5, 0.6) is 0 Å². The van der Waals surface area contributed by atoms with Crippen molar-refractivity contribution < 1.29 is 9.18 Å². The van der Waals surface area contributed by atoms with Gasteiger partial charge < -0.3 is 9.88 Å². The van der Waals surface area contributed by atoms with Crippen LogP contribution in [0.2, 0.25) is 0 Å². The Labute approximate surface area is 163 Å². The average molecular weight is 390 g/mol. The normalized spacial score (nSPS) is 13.6. The highest BCUT2D eigenvalue weighted by atomic mass is 19.1. The minimum absolute atomic E-state index is 0.0848. The lowest BCUT2D eigenvalue weighted by molar-refractivity contribution is 0.0734. The lowest BCUT2D eigenvalue weighted by Gasteiger charge is -2.28. The molecule has 0 spiro atoms. The third-order valence-corrected chi connectivity index (χ3v) is 5.20. The maximum atomic E-state index is 13.8. The van der Waals surface area contributed by atoms with Crippen molar-refractivity contribution in [3.8, 4) is 0 Å². The molecule has 5 rings (SSSR count). The third-order valence-electron chi connectivity index (χ3n) is 5.20. The van der Waals surface area contributed by atoms with Crippen LogP contribution < -0.4 is 11.1 Å². The maximum absolute atomic E-state index is 13.8. The van der Waals surface area contributed by atoms with E-state index in [9.17, 15) is 18.8 Å². The summed E-state index contributed by atoms with van der Waals surface area (Å²) in [5, 5.41) is 0.328. The van der Waals surface area contributed by atoms with Crippen LogP contribution in [0.25, 0.3) is 16.6 Å². The Morgan fingerprint density at radius 2 is 2.00 bits per heavy atom. The predicted molar refractivity (Wildman–Crippen MR) is 104 cm³/mol. The number of carbonyl (C=O) groups is 1. The summed E-state index contributed by atoms with van der Waals surface area (Å²) < 4.78 is 15.2. The van der Waals surface area contributed by atoms with Crippen LogP contribution in [0.15, 0.2) is 58.3 Å². The predicted octanol–water partition coefficient (Wildman–Crippen LogP) is 1.87. The lowest BCUT2D eigenvalue weighted by Crippen LogP contribution is -2.40. The summed E-state index contributed by atoms with van der Waals surface area (Å²) in [6, 6.07) is 10.4.